The molecule has 0 bridgehead atoms. The molecule has 1 fully saturated rings. The molecule has 1 saturated heterocycles. The van der Waals surface area contributed by atoms with Gasteiger partial charge in [0.15, 0.2) is 0 Å². The van der Waals surface area contributed by atoms with Crippen LogP contribution in [0.2, 0.25) is 0 Å². The number of amides is 2. The maximum atomic E-state index is 12.3. The summed E-state index contributed by atoms with van der Waals surface area (Å²) in [4.78, 5) is 26.0. The Kier molecular flexibility index (Phi) is 5.38. The van der Waals surface area contributed by atoms with Gasteiger partial charge in [0.2, 0.25) is 11.8 Å². The fourth-order valence-electron chi connectivity index (χ4n) is 2.58. The summed E-state index contributed by atoms with van der Waals surface area (Å²) in [6, 6.07) is 7.10. The van der Waals surface area contributed by atoms with Gasteiger partial charge in [-0.3, -0.25) is 9.59 Å². The van der Waals surface area contributed by atoms with E-state index in [1.165, 1.54) is 0 Å². The van der Waals surface area contributed by atoms with Gasteiger partial charge < -0.3 is 19.7 Å². The maximum Gasteiger partial charge on any atom is 0.229 e. The number of rotatable bonds is 6. The number of ether oxygens (including phenoxy) is 2. The van der Waals surface area contributed by atoms with Gasteiger partial charge in [-0.15, -0.1) is 0 Å². The molecule has 0 spiro atoms. The summed E-state index contributed by atoms with van der Waals surface area (Å²) in [7, 11) is 3.19. The van der Waals surface area contributed by atoms with Gasteiger partial charge in [-0.2, -0.15) is 0 Å². The number of methoxy groups -OCH3 is 2. The molecule has 6 heteroatoms. The number of hydrogen-bond donors (Lipinski definition) is 1. The highest BCUT2D eigenvalue weighted by atomic mass is 16.5. The number of nitrogens with one attached hydrogen (secondary N) is 1. The van der Waals surface area contributed by atoms with E-state index in [0.29, 0.717) is 18.8 Å². The van der Waals surface area contributed by atoms with Gasteiger partial charge in [0.25, 0.3) is 0 Å². The second-order valence-corrected chi connectivity index (χ2v) is 5.47. The fourth-order valence-corrected chi connectivity index (χ4v) is 2.58. The van der Waals surface area contributed by atoms with Gasteiger partial charge in [-0.25, -0.2) is 0 Å². The van der Waals surface area contributed by atoms with Crippen LogP contribution in [0.3, 0.4) is 0 Å². The Morgan fingerprint density at radius 2 is 2.05 bits per heavy atom. The van der Waals surface area contributed by atoms with Gasteiger partial charge in [0, 0.05) is 25.8 Å². The Balaban J connectivity index is 1.94. The van der Waals surface area contributed by atoms with Crippen LogP contribution in [0.15, 0.2) is 24.3 Å². The molecule has 1 aliphatic heterocycles. The molecule has 1 aromatic carbocycles. The summed E-state index contributed by atoms with van der Waals surface area (Å²) in [5.74, 6) is 0.271. The average molecular weight is 306 g/mol. The van der Waals surface area contributed by atoms with Gasteiger partial charge >= 0.3 is 0 Å². The van der Waals surface area contributed by atoms with Crippen LogP contribution in [0.4, 0.5) is 5.69 Å². The first-order valence-electron chi connectivity index (χ1n) is 7.28. The van der Waals surface area contributed by atoms with Gasteiger partial charge in [-0.1, -0.05) is 0 Å². The SMILES string of the molecule is COC[C@@H](C)N1C[C@H](C(=O)Nc2ccc(OC)cc2)CC1=O. The van der Waals surface area contributed by atoms with Crippen LogP contribution < -0.4 is 10.1 Å². The van der Waals surface area contributed by atoms with Crippen molar-refractivity contribution in [3.8, 4) is 5.75 Å². The summed E-state index contributed by atoms with van der Waals surface area (Å²) in [5, 5.41) is 2.84. The Morgan fingerprint density at radius 3 is 2.64 bits per heavy atom. The molecule has 2 amide bonds. The summed E-state index contributed by atoms with van der Waals surface area (Å²) < 4.78 is 10.1. The molecule has 2 rings (SSSR count). The third-order valence-corrected chi connectivity index (χ3v) is 3.83. The van der Waals surface area contributed by atoms with Crippen LogP contribution in [0.25, 0.3) is 0 Å². The molecule has 6 nitrogen and oxygen atoms in total. The summed E-state index contributed by atoms with van der Waals surface area (Å²) >= 11 is 0. The molecule has 1 aliphatic rings. The summed E-state index contributed by atoms with van der Waals surface area (Å²) in [5.41, 5.74) is 0.696. The molecule has 1 aromatic rings. The van der Waals surface area contributed by atoms with Crippen molar-refractivity contribution < 1.29 is 19.1 Å². The number of anilines is 1. The lowest BCUT2D eigenvalue weighted by Crippen LogP contribution is -2.38. The van der Waals surface area contributed by atoms with Crippen molar-refractivity contribution in [3.63, 3.8) is 0 Å². The third-order valence-electron chi connectivity index (χ3n) is 3.83. The first kappa shape index (κ1) is 16.3. The molecule has 0 unspecified atom stereocenters. The average Bonchev–Trinajstić information content (AvgIpc) is 2.90. The van der Waals surface area contributed by atoms with Crippen LogP contribution in [0, 0.1) is 5.92 Å². The van der Waals surface area contributed by atoms with Crippen LogP contribution in [-0.2, 0) is 14.3 Å². The second kappa shape index (κ2) is 7.26. The minimum absolute atomic E-state index is 0.000527. The number of hydrogen-bond acceptors (Lipinski definition) is 4. The van der Waals surface area contributed by atoms with Crippen molar-refractivity contribution in [2.75, 3.05) is 32.7 Å². The van der Waals surface area contributed by atoms with Crippen molar-refractivity contribution in [1.29, 1.82) is 0 Å². The molecule has 1 N–H and O–H groups in total. The predicted octanol–water partition coefficient (Wildman–Crippen LogP) is 1.52. The van der Waals surface area contributed by atoms with Crippen LogP contribution in [-0.4, -0.2) is 50.1 Å². The van der Waals surface area contributed by atoms with E-state index < -0.39 is 0 Å². The zero-order valence-corrected chi connectivity index (χ0v) is 13.2. The zero-order chi connectivity index (χ0) is 16.1. The smallest absolute Gasteiger partial charge is 0.229 e. The molecule has 2 atom stereocenters. The van der Waals surface area contributed by atoms with E-state index in [2.05, 4.69) is 5.32 Å². The van der Waals surface area contributed by atoms with Crippen molar-refractivity contribution in [2.24, 2.45) is 5.92 Å². The molecular weight excluding hydrogens is 284 g/mol. The van der Waals surface area contributed by atoms with Crippen molar-refractivity contribution in [1.82, 2.24) is 4.90 Å². The molecule has 22 heavy (non-hydrogen) atoms. The molecule has 0 saturated carbocycles. The Labute approximate surface area is 130 Å². The number of carbonyl (C=O) groups is 2. The lowest BCUT2D eigenvalue weighted by molar-refractivity contribution is -0.130. The number of likely N-dealkylation sites (tertiary alicyclic amines) is 1. The number of carbonyl (C=O) groups excluding carboxylic acids is 2. The Hall–Kier alpha value is -2.08. The number of nitrogens with zero attached hydrogens (tertiary/aromatic N) is 1. The zero-order valence-electron chi connectivity index (χ0n) is 13.2. The first-order valence-corrected chi connectivity index (χ1v) is 7.28. The van der Waals surface area contributed by atoms with Crippen molar-refractivity contribution >= 4 is 17.5 Å². The predicted molar refractivity (Wildman–Crippen MR) is 82.8 cm³/mol. The summed E-state index contributed by atoms with van der Waals surface area (Å²) in [6.07, 6.45) is 0.246. The molecule has 120 valence electrons. The molecule has 0 radical (unpaired) electrons. The van der Waals surface area contributed by atoms with E-state index in [-0.39, 0.29) is 30.2 Å². The van der Waals surface area contributed by atoms with Crippen LogP contribution in [0.1, 0.15) is 13.3 Å². The monoisotopic (exact) mass is 306 g/mol. The first-order chi connectivity index (χ1) is 10.5. The molecule has 0 aliphatic carbocycles. The largest absolute Gasteiger partial charge is 0.497 e. The maximum absolute atomic E-state index is 12.3. The Bertz CT molecular complexity index is 529. The second-order valence-electron chi connectivity index (χ2n) is 5.47. The fraction of sp³-hybridized carbons (Fsp3) is 0.500. The van der Waals surface area contributed by atoms with Crippen LogP contribution >= 0.6 is 0 Å². The Morgan fingerprint density at radius 1 is 1.36 bits per heavy atom. The minimum Gasteiger partial charge on any atom is -0.497 e. The molecule has 1 heterocycles. The van der Waals surface area contributed by atoms with E-state index in [4.69, 9.17) is 9.47 Å². The highest BCUT2D eigenvalue weighted by molar-refractivity contribution is 5.97. The standard InChI is InChI=1S/C16H22N2O4/c1-11(10-21-2)18-9-12(8-15(18)19)16(20)17-13-4-6-14(22-3)7-5-13/h4-7,11-12H,8-10H2,1-3H3,(H,17,20)/t11-,12-/m1/s1. The van der Waals surface area contributed by atoms with E-state index in [9.17, 15) is 9.59 Å². The normalized spacial score (nSPS) is 19.1. The van der Waals surface area contributed by atoms with Crippen molar-refractivity contribution in [2.45, 2.75) is 19.4 Å². The highest BCUT2D eigenvalue weighted by Gasteiger charge is 2.36. The minimum atomic E-state index is -0.325. The lowest BCUT2D eigenvalue weighted by atomic mass is 10.1. The molecular formula is C16H22N2O4. The van der Waals surface area contributed by atoms with Gasteiger partial charge in [0.05, 0.1) is 25.7 Å². The summed E-state index contributed by atoms with van der Waals surface area (Å²) in [6.45, 7) is 2.83. The van der Waals surface area contributed by atoms with E-state index in [1.54, 1.807) is 43.4 Å². The van der Waals surface area contributed by atoms with Gasteiger partial charge in [-0.05, 0) is 31.2 Å². The van der Waals surface area contributed by atoms with Crippen LogP contribution in [0.5, 0.6) is 5.75 Å². The van der Waals surface area contributed by atoms with Crippen molar-refractivity contribution in [3.05, 3.63) is 24.3 Å². The molecule has 0 aromatic heterocycles. The van der Waals surface area contributed by atoms with E-state index in [0.717, 1.165) is 5.75 Å². The van der Waals surface area contributed by atoms with E-state index >= 15 is 0 Å². The van der Waals surface area contributed by atoms with E-state index in [1.807, 2.05) is 6.92 Å². The topological polar surface area (TPSA) is 67.9 Å². The quantitative estimate of drug-likeness (QED) is 0.865. The number of benzene rings is 1. The lowest BCUT2D eigenvalue weighted by Gasteiger charge is -2.23. The highest BCUT2D eigenvalue weighted by Crippen LogP contribution is 2.23. The third kappa shape index (κ3) is 3.76. The van der Waals surface area contributed by atoms with Gasteiger partial charge in [0.1, 0.15) is 5.75 Å².